The number of benzene rings is 2. The summed E-state index contributed by atoms with van der Waals surface area (Å²) < 4.78 is 23.1. The Hall–Kier alpha value is -4.29. The van der Waals surface area contributed by atoms with Crippen LogP contribution in [-0.4, -0.2) is 37.1 Å². The largest absolute Gasteiger partial charge is 0.493 e. The molecule has 0 spiro atoms. The van der Waals surface area contributed by atoms with Gasteiger partial charge in [-0.2, -0.15) is 10.2 Å². The molecule has 192 valence electrons. The predicted molar refractivity (Wildman–Crippen MR) is 141 cm³/mol. The number of rotatable bonds is 12. The summed E-state index contributed by atoms with van der Waals surface area (Å²) in [4.78, 5) is 8.16. The number of nitrogens with two attached hydrogens (primary N) is 2. The van der Waals surface area contributed by atoms with E-state index in [1.807, 2.05) is 49.4 Å². The molecule has 0 radical (unpaired) electrons. The molecule has 0 unspecified atom stereocenters. The van der Waals surface area contributed by atoms with E-state index < -0.39 is 0 Å². The maximum Gasteiger partial charge on any atom is 0.221 e. The zero-order chi connectivity index (χ0) is 26.3. The van der Waals surface area contributed by atoms with Crippen LogP contribution >= 0.6 is 0 Å². The fourth-order valence-corrected chi connectivity index (χ4v) is 4.00. The number of hydrogen-bond acceptors (Lipinski definition) is 9. The molecule has 4 rings (SSSR count). The lowest BCUT2D eigenvalue weighted by Crippen LogP contribution is -2.12. The Morgan fingerprint density at radius 1 is 1.08 bits per heavy atom. The Morgan fingerprint density at radius 2 is 1.81 bits per heavy atom. The number of ether oxygens (including phenoxy) is 4. The van der Waals surface area contributed by atoms with Crippen molar-refractivity contribution in [3.05, 3.63) is 65.9 Å². The van der Waals surface area contributed by atoms with Crippen LogP contribution in [0.15, 0.2) is 54.7 Å². The Morgan fingerprint density at radius 3 is 2.43 bits per heavy atom. The second-order valence-electron chi connectivity index (χ2n) is 8.90. The van der Waals surface area contributed by atoms with Gasteiger partial charge < -0.3 is 30.4 Å². The standard InChI is InChI=1S/C28H31N5O4/c1-3-35-23-14-19(13-21-16-32-27(31)33-26(21)30)15-24(36-17-28(10-11-28)9-4-12-29)25(23)20-5-7-22(8-6-20)37-18-34-2/h4-9,14-16H,3,10-11,13,17-18H2,1-2H3,(H4,30,31,32,33)/b9-4+. The van der Waals surface area contributed by atoms with Gasteiger partial charge in [-0.25, -0.2) is 4.98 Å². The van der Waals surface area contributed by atoms with Gasteiger partial charge in [-0.05, 0) is 55.2 Å². The molecule has 0 aliphatic heterocycles. The molecule has 1 aliphatic rings. The molecule has 0 atom stereocenters. The van der Waals surface area contributed by atoms with Gasteiger partial charge >= 0.3 is 0 Å². The van der Waals surface area contributed by atoms with E-state index in [-0.39, 0.29) is 18.2 Å². The first kappa shape index (κ1) is 25.8. The van der Waals surface area contributed by atoms with E-state index in [2.05, 4.69) is 16.0 Å². The number of nitrogen functional groups attached to an aromatic ring is 2. The van der Waals surface area contributed by atoms with E-state index in [0.717, 1.165) is 35.1 Å². The van der Waals surface area contributed by atoms with Crippen molar-refractivity contribution >= 4 is 11.8 Å². The lowest BCUT2D eigenvalue weighted by Gasteiger charge is -2.20. The van der Waals surface area contributed by atoms with E-state index >= 15 is 0 Å². The first-order valence-corrected chi connectivity index (χ1v) is 12.1. The minimum atomic E-state index is -0.123. The van der Waals surface area contributed by atoms with E-state index in [0.29, 0.717) is 42.7 Å². The summed E-state index contributed by atoms with van der Waals surface area (Å²) in [6.45, 7) is 3.04. The van der Waals surface area contributed by atoms with Gasteiger partial charge in [-0.15, -0.1) is 0 Å². The minimum absolute atomic E-state index is 0.123. The molecule has 0 saturated heterocycles. The summed E-state index contributed by atoms with van der Waals surface area (Å²) in [5, 5.41) is 8.98. The zero-order valence-corrected chi connectivity index (χ0v) is 21.1. The highest BCUT2D eigenvalue weighted by Gasteiger charge is 2.41. The van der Waals surface area contributed by atoms with Gasteiger partial charge in [0.15, 0.2) is 6.79 Å². The average molecular weight is 502 g/mol. The Kier molecular flexibility index (Phi) is 8.11. The summed E-state index contributed by atoms with van der Waals surface area (Å²) in [5.41, 5.74) is 15.1. The number of methoxy groups -OCH3 is 1. The smallest absolute Gasteiger partial charge is 0.221 e. The molecule has 1 aromatic heterocycles. The van der Waals surface area contributed by atoms with Gasteiger partial charge in [-0.1, -0.05) is 18.2 Å². The Labute approximate surface area is 216 Å². The van der Waals surface area contributed by atoms with Crippen molar-refractivity contribution in [3.63, 3.8) is 0 Å². The molecule has 0 amide bonds. The Bertz CT molecular complexity index is 1300. The van der Waals surface area contributed by atoms with Crippen molar-refractivity contribution in [1.82, 2.24) is 9.97 Å². The second kappa shape index (κ2) is 11.6. The monoisotopic (exact) mass is 501 g/mol. The van der Waals surface area contributed by atoms with Crippen LogP contribution in [0.25, 0.3) is 11.1 Å². The van der Waals surface area contributed by atoms with Crippen molar-refractivity contribution in [1.29, 1.82) is 5.26 Å². The van der Waals surface area contributed by atoms with E-state index in [1.54, 1.807) is 13.3 Å². The summed E-state index contributed by atoms with van der Waals surface area (Å²) >= 11 is 0. The first-order valence-electron chi connectivity index (χ1n) is 12.1. The van der Waals surface area contributed by atoms with Gasteiger partial charge in [0.2, 0.25) is 5.95 Å². The summed E-state index contributed by atoms with van der Waals surface area (Å²) in [6, 6.07) is 13.7. The van der Waals surface area contributed by atoms with E-state index in [4.69, 9.17) is 35.7 Å². The van der Waals surface area contributed by atoms with Gasteiger partial charge in [0, 0.05) is 36.8 Å². The maximum absolute atomic E-state index is 8.98. The van der Waals surface area contributed by atoms with Crippen LogP contribution in [0.3, 0.4) is 0 Å². The molecule has 1 aliphatic carbocycles. The summed E-state index contributed by atoms with van der Waals surface area (Å²) in [7, 11) is 1.58. The van der Waals surface area contributed by atoms with Gasteiger partial charge in [0.25, 0.3) is 0 Å². The van der Waals surface area contributed by atoms with Gasteiger partial charge in [0.05, 0.1) is 24.8 Å². The van der Waals surface area contributed by atoms with Crippen LogP contribution in [0.4, 0.5) is 11.8 Å². The molecule has 0 bridgehead atoms. The fraction of sp³-hybridized carbons (Fsp3) is 0.321. The van der Waals surface area contributed by atoms with Crippen molar-refractivity contribution in [2.45, 2.75) is 26.2 Å². The molecule has 9 nitrogen and oxygen atoms in total. The molecule has 1 heterocycles. The molecule has 3 aromatic rings. The summed E-state index contributed by atoms with van der Waals surface area (Å²) in [5.74, 6) is 2.53. The van der Waals surface area contributed by atoms with Crippen LogP contribution in [0.2, 0.25) is 0 Å². The first-order chi connectivity index (χ1) is 18.0. The predicted octanol–water partition coefficient (Wildman–Crippen LogP) is 4.52. The molecular weight excluding hydrogens is 470 g/mol. The van der Waals surface area contributed by atoms with Crippen LogP contribution in [-0.2, 0) is 11.2 Å². The van der Waals surface area contributed by atoms with Crippen LogP contribution < -0.4 is 25.7 Å². The quantitative estimate of drug-likeness (QED) is 0.271. The second-order valence-corrected chi connectivity index (χ2v) is 8.90. The summed E-state index contributed by atoms with van der Waals surface area (Å²) in [6.07, 6.45) is 7.53. The molecule has 9 heteroatoms. The molecule has 4 N–H and O–H groups in total. The third-order valence-corrected chi connectivity index (χ3v) is 6.14. The SMILES string of the molecule is CCOc1cc(Cc2cnc(N)nc2N)cc(OCC2(/C=C/C#N)CC2)c1-c1ccc(OCOC)cc1. The maximum atomic E-state index is 8.98. The molecule has 1 fully saturated rings. The van der Waals surface area contributed by atoms with Gasteiger partial charge in [-0.3, -0.25) is 0 Å². The van der Waals surface area contributed by atoms with Crippen molar-refractivity contribution in [2.75, 3.05) is 38.6 Å². The van der Waals surface area contributed by atoms with Crippen molar-refractivity contribution in [3.8, 4) is 34.4 Å². The fourth-order valence-electron chi connectivity index (χ4n) is 4.00. The number of anilines is 2. The van der Waals surface area contributed by atoms with Gasteiger partial charge in [0.1, 0.15) is 23.1 Å². The molecule has 1 saturated carbocycles. The zero-order valence-electron chi connectivity index (χ0n) is 21.1. The number of hydrogen-bond donors (Lipinski definition) is 2. The van der Waals surface area contributed by atoms with Crippen LogP contribution in [0.1, 0.15) is 30.9 Å². The molecular formula is C28H31N5O4. The minimum Gasteiger partial charge on any atom is -0.493 e. The van der Waals surface area contributed by atoms with Crippen molar-refractivity contribution in [2.24, 2.45) is 5.41 Å². The lowest BCUT2D eigenvalue weighted by atomic mass is 9.98. The highest BCUT2D eigenvalue weighted by atomic mass is 16.7. The number of nitrogens with zero attached hydrogens (tertiary/aromatic N) is 3. The van der Waals surface area contributed by atoms with Crippen LogP contribution in [0, 0.1) is 16.7 Å². The molecule has 2 aromatic carbocycles. The average Bonchev–Trinajstić information content (AvgIpc) is 3.67. The third kappa shape index (κ3) is 6.48. The topological polar surface area (TPSA) is 139 Å². The lowest BCUT2D eigenvalue weighted by molar-refractivity contribution is 0.0511. The number of aromatic nitrogens is 2. The van der Waals surface area contributed by atoms with E-state index in [1.165, 1.54) is 6.08 Å². The Balaban J connectivity index is 1.73. The number of allylic oxidation sites excluding steroid dienone is 1. The normalized spacial score (nSPS) is 13.8. The third-order valence-electron chi connectivity index (χ3n) is 6.14. The highest BCUT2D eigenvalue weighted by Crippen LogP contribution is 2.49. The number of nitriles is 1. The van der Waals surface area contributed by atoms with Crippen molar-refractivity contribution < 1.29 is 18.9 Å². The molecule has 37 heavy (non-hydrogen) atoms. The highest BCUT2D eigenvalue weighted by molar-refractivity contribution is 5.78. The van der Waals surface area contributed by atoms with Crippen LogP contribution in [0.5, 0.6) is 17.2 Å². The van der Waals surface area contributed by atoms with E-state index in [9.17, 15) is 0 Å².